The van der Waals surface area contributed by atoms with E-state index in [1.165, 1.54) is 44.9 Å². The molecule has 0 aliphatic heterocycles. The molecule has 0 aliphatic carbocycles. The molecule has 0 nitrogen and oxygen atoms in total. The molecule has 0 saturated heterocycles. The van der Waals surface area contributed by atoms with Crippen molar-refractivity contribution in [2.45, 2.75) is 62.7 Å². The minimum atomic E-state index is 0.925. The normalized spacial score (nSPS) is 13.4. The van der Waals surface area contributed by atoms with Crippen molar-refractivity contribution in [2.75, 3.05) is 0 Å². The second-order valence-electron chi connectivity index (χ2n) is 3.21. The maximum absolute atomic E-state index is 2.57. The molecule has 0 aromatic carbocycles. The molecule has 1 heteroatoms. The minimum Gasteiger partial charge on any atom is -0.0826 e. The first-order chi connectivity index (χ1) is 5.31. The Morgan fingerprint density at radius 3 is 2.18 bits per heavy atom. The monoisotopic (exact) mass is 268 g/mol. The highest BCUT2D eigenvalue weighted by Gasteiger charge is 1.98. The van der Waals surface area contributed by atoms with Crippen molar-refractivity contribution in [2.24, 2.45) is 0 Å². The Kier molecular flexibility index (Phi) is 9.41. The fourth-order valence-electron chi connectivity index (χ4n) is 1.17. The van der Waals surface area contributed by atoms with E-state index >= 15 is 0 Å². The number of rotatable bonds is 7. The van der Waals surface area contributed by atoms with Gasteiger partial charge in [0.1, 0.15) is 0 Å². The summed E-state index contributed by atoms with van der Waals surface area (Å²) in [6, 6.07) is 0. The highest BCUT2D eigenvalue weighted by atomic mass is 127. The summed E-state index contributed by atoms with van der Waals surface area (Å²) in [7, 11) is 0. The number of halogens is 1. The van der Waals surface area contributed by atoms with Gasteiger partial charge in [-0.15, -0.1) is 0 Å². The van der Waals surface area contributed by atoms with Crippen LogP contribution in [-0.2, 0) is 0 Å². The maximum Gasteiger partial charge on any atom is 0.0107 e. The minimum absolute atomic E-state index is 0.925. The van der Waals surface area contributed by atoms with E-state index in [0.29, 0.717) is 0 Å². The van der Waals surface area contributed by atoms with Gasteiger partial charge in [-0.05, 0) is 12.8 Å². The largest absolute Gasteiger partial charge is 0.0826 e. The Morgan fingerprint density at radius 1 is 1.00 bits per heavy atom. The van der Waals surface area contributed by atoms with Crippen LogP contribution in [0.5, 0.6) is 0 Å². The lowest BCUT2D eigenvalue weighted by molar-refractivity contribution is 0.598. The second kappa shape index (κ2) is 8.82. The zero-order valence-corrected chi connectivity index (χ0v) is 10.1. The molecule has 0 aliphatic rings. The summed E-state index contributed by atoms with van der Waals surface area (Å²) in [6.07, 6.45) is 9.91. The summed E-state index contributed by atoms with van der Waals surface area (Å²) in [5.74, 6) is 0. The van der Waals surface area contributed by atoms with E-state index in [1.54, 1.807) is 0 Å². The molecular formula is C10H21I. The Labute approximate surface area is 85.3 Å². The number of alkyl halides is 1. The number of unbranched alkanes of at least 4 members (excludes halogenated alkanes) is 4. The topological polar surface area (TPSA) is 0 Å². The van der Waals surface area contributed by atoms with E-state index in [2.05, 4.69) is 36.4 Å². The lowest BCUT2D eigenvalue weighted by Crippen LogP contribution is -1.93. The van der Waals surface area contributed by atoms with Gasteiger partial charge in [-0.3, -0.25) is 0 Å². The van der Waals surface area contributed by atoms with Gasteiger partial charge in [-0.25, -0.2) is 0 Å². The molecule has 0 fully saturated rings. The van der Waals surface area contributed by atoms with E-state index in [4.69, 9.17) is 0 Å². The van der Waals surface area contributed by atoms with Crippen LogP contribution in [0, 0.1) is 0 Å². The molecule has 0 amide bonds. The molecular weight excluding hydrogens is 247 g/mol. The molecule has 0 aromatic rings. The van der Waals surface area contributed by atoms with Gasteiger partial charge in [0, 0.05) is 3.92 Å². The van der Waals surface area contributed by atoms with Crippen molar-refractivity contribution in [1.29, 1.82) is 0 Å². The Morgan fingerprint density at radius 2 is 1.64 bits per heavy atom. The van der Waals surface area contributed by atoms with Gasteiger partial charge in [0.15, 0.2) is 0 Å². The van der Waals surface area contributed by atoms with Crippen LogP contribution in [0.3, 0.4) is 0 Å². The van der Waals surface area contributed by atoms with E-state index in [9.17, 15) is 0 Å². The third-order valence-corrected chi connectivity index (χ3v) is 3.57. The Balaban J connectivity index is 2.89. The molecule has 1 unspecified atom stereocenters. The summed E-state index contributed by atoms with van der Waals surface area (Å²) >= 11 is 2.57. The van der Waals surface area contributed by atoms with Gasteiger partial charge in [0.25, 0.3) is 0 Å². The average molecular weight is 268 g/mol. The molecule has 68 valence electrons. The van der Waals surface area contributed by atoms with Crippen LogP contribution in [-0.4, -0.2) is 3.92 Å². The molecule has 11 heavy (non-hydrogen) atoms. The van der Waals surface area contributed by atoms with Crippen molar-refractivity contribution >= 4 is 22.6 Å². The van der Waals surface area contributed by atoms with Crippen molar-refractivity contribution < 1.29 is 0 Å². The number of hydrogen-bond donors (Lipinski definition) is 0. The van der Waals surface area contributed by atoms with Gasteiger partial charge < -0.3 is 0 Å². The first kappa shape index (κ1) is 11.7. The highest BCUT2D eigenvalue weighted by molar-refractivity contribution is 14.1. The summed E-state index contributed by atoms with van der Waals surface area (Å²) in [4.78, 5) is 0. The number of hydrogen-bond acceptors (Lipinski definition) is 0. The first-order valence-corrected chi connectivity index (χ1v) is 6.19. The van der Waals surface area contributed by atoms with Gasteiger partial charge in [0.2, 0.25) is 0 Å². The van der Waals surface area contributed by atoms with Crippen LogP contribution in [0.25, 0.3) is 0 Å². The van der Waals surface area contributed by atoms with Crippen LogP contribution in [0.2, 0.25) is 0 Å². The van der Waals surface area contributed by atoms with E-state index in [-0.39, 0.29) is 0 Å². The van der Waals surface area contributed by atoms with Gasteiger partial charge in [-0.1, -0.05) is 68.5 Å². The highest BCUT2D eigenvalue weighted by Crippen LogP contribution is 2.15. The Hall–Kier alpha value is 0.730. The van der Waals surface area contributed by atoms with Gasteiger partial charge in [0.05, 0.1) is 0 Å². The van der Waals surface area contributed by atoms with E-state index in [1.807, 2.05) is 0 Å². The molecule has 0 rings (SSSR count). The van der Waals surface area contributed by atoms with Crippen LogP contribution >= 0.6 is 22.6 Å². The molecule has 0 N–H and O–H groups in total. The van der Waals surface area contributed by atoms with Crippen molar-refractivity contribution in [1.82, 2.24) is 0 Å². The zero-order chi connectivity index (χ0) is 8.53. The lowest BCUT2D eigenvalue weighted by Gasteiger charge is -2.05. The van der Waals surface area contributed by atoms with Crippen LogP contribution in [0.4, 0.5) is 0 Å². The van der Waals surface area contributed by atoms with Gasteiger partial charge in [-0.2, -0.15) is 0 Å². The molecule has 0 radical (unpaired) electrons. The summed E-state index contributed by atoms with van der Waals surface area (Å²) in [5, 5.41) is 0. The van der Waals surface area contributed by atoms with E-state index in [0.717, 1.165) is 3.92 Å². The zero-order valence-electron chi connectivity index (χ0n) is 7.91. The van der Waals surface area contributed by atoms with Crippen LogP contribution < -0.4 is 0 Å². The molecule has 0 saturated carbocycles. The average Bonchev–Trinajstić information content (AvgIpc) is 2.04. The fraction of sp³-hybridized carbons (Fsp3) is 1.00. The van der Waals surface area contributed by atoms with Crippen molar-refractivity contribution in [3.63, 3.8) is 0 Å². The molecule has 1 atom stereocenters. The quantitative estimate of drug-likeness (QED) is 0.360. The SMILES string of the molecule is CCCCCCCC(I)CC. The van der Waals surface area contributed by atoms with Gasteiger partial charge >= 0.3 is 0 Å². The Bertz CT molecular complexity index is 71.3. The lowest BCUT2D eigenvalue weighted by atomic mass is 10.1. The third-order valence-electron chi connectivity index (χ3n) is 2.06. The molecule has 0 aromatic heterocycles. The van der Waals surface area contributed by atoms with Crippen molar-refractivity contribution in [3.05, 3.63) is 0 Å². The summed E-state index contributed by atoms with van der Waals surface area (Å²) < 4.78 is 0.925. The first-order valence-electron chi connectivity index (χ1n) is 4.95. The predicted molar refractivity (Wildman–Crippen MR) is 61.5 cm³/mol. The third kappa shape index (κ3) is 8.64. The van der Waals surface area contributed by atoms with Crippen LogP contribution in [0.15, 0.2) is 0 Å². The predicted octanol–water partition coefficient (Wildman–Crippen LogP) is 4.56. The van der Waals surface area contributed by atoms with E-state index < -0.39 is 0 Å². The fourth-order valence-corrected chi connectivity index (χ4v) is 1.61. The summed E-state index contributed by atoms with van der Waals surface area (Å²) in [5.41, 5.74) is 0. The summed E-state index contributed by atoms with van der Waals surface area (Å²) in [6.45, 7) is 4.55. The molecule has 0 heterocycles. The molecule has 0 bridgehead atoms. The molecule has 0 spiro atoms. The van der Waals surface area contributed by atoms with Crippen LogP contribution in [0.1, 0.15) is 58.8 Å². The second-order valence-corrected chi connectivity index (χ2v) is 4.97. The van der Waals surface area contributed by atoms with Crippen molar-refractivity contribution in [3.8, 4) is 0 Å². The standard InChI is InChI=1S/C10H21I/c1-3-5-6-7-8-9-10(11)4-2/h10H,3-9H2,1-2H3. The smallest absolute Gasteiger partial charge is 0.0107 e. The maximum atomic E-state index is 2.57.